The van der Waals surface area contributed by atoms with E-state index < -0.39 is 0 Å². The second-order valence-corrected chi connectivity index (χ2v) is 7.85. The van der Waals surface area contributed by atoms with Crippen LogP contribution in [0.15, 0.2) is 34.4 Å². The maximum Gasteiger partial charge on any atom is 0.255 e. The van der Waals surface area contributed by atoms with Gasteiger partial charge in [-0.25, -0.2) is 4.98 Å². The Morgan fingerprint density at radius 2 is 2.14 bits per heavy atom. The van der Waals surface area contributed by atoms with Crippen molar-refractivity contribution in [3.8, 4) is 22.2 Å². The van der Waals surface area contributed by atoms with Crippen molar-refractivity contribution < 1.29 is 9.47 Å². The van der Waals surface area contributed by atoms with Gasteiger partial charge in [-0.1, -0.05) is 6.07 Å². The van der Waals surface area contributed by atoms with Gasteiger partial charge in [0.25, 0.3) is 5.56 Å². The Labute approximate surface area is 167 Å². The molecule has 0 aliphatic carbocycles. The second-order valence-electron chi connectivity index (χ2n) is 6.90. The molecule has 1 aliphatic heterocycles. The molecule has 0 spiro atoms. The molecule has 4 rings (SSSR count). The third-order valence-electron chi connectivity index (χ3n) is 5.15. The van der Waals surface area contributed by atoms with Crippen molar-refractivity contribution in [3.05, 3.63) is 62.4 Å². The van der Waals surface area contributed by atoms with Crippen LogP contribution >= 0.6 is 11.3 Å². The highest BCUT2D eigenvalue weighted by molar-refractivity contribution is 7.13. The minimum absolute atomic E-state index is 0.0449. The molecule has 1 aliphatic rings. The molecule has 3 aromatic rings. The van der Waals surface area contributed by atoms with Gasteiger partial charge in [0, 0.05) is 37.7 Å². The summed E-state index contributed by atoms with van der Waals surface area (Å²) in [5, 5.41) is 1.99. The predicted octanol–water partition coefficient (Wildman–Crippen LogP) is 3.38. The average molecular weight is 398 g/mol. The Balaban J connectivity index is 1.59. The van der Waals surface area contributed by atoms with Crippen molar-refractivity contribution in [1.82, 2.24) is 14.9 Å². The summed E-state index contributed by atoms with van der Waals surface area (Å²) in [7, 11) is 3.32. The fourth-order valence-electron chi connectivity index (χ4n) is 3.62. The van der Waals surface area contributed by atoms with Crippen molar-refractivity contribution in [1.29, 1.82) is 0 Å². The van der Waals surface area contributed by atoms with E-state index in [0.717, 1.165) is 51.7 Å². The van der Waals surface area contributed by atoms with E-state index in [9.17, 15) is 4.79 Å². The van der Waals surface area contributed by atoms with Crippen molar-refractivity contribution in [2.45, 2.75) is 26.4 Å². The van der Waals surface area contributed by atoms with Crippen LogP contribution in [0, 0.1) is 6.92 Å². The van der Waals surface area contributed by atoms with Gasteiger partial charge >= 0.3 is 0 Å². The summed E-state index contributed by atoms with van der Waals surface area (Å²) in [5.74, 6) is 2.26. The van der Waals surface area contributed by atoms with E-state index in [0.29, 0.717) is 18.9 Å². The quantitative estimate of drug-likeness (QED) is 0.715. The average Bonchev–Trinajstić information content (AvgIpc) is 3.24. The SMILES string of the molecule is COc1cc(C)c(CN2CCc3nc(-c4cccs4)[nH]c(=O)c3C2)c(OC)c1. The summed E-state index contributed by atoms with van der Waals surface area (Å²) in [6, 6.07) is 7.86. The highest BCUT2D eigenvalue weighted by atomic mass is 32.1. The summed E-state index contributed by atoms with van der Waals surface area (Å²) in [6.07, 6.45) is 0.759. The number of aryl methyl sites for hydroxylation is 1. The lowest BCUT2D eigenvalue weighted by Crippen LogP contribution is -2.35. The van der Waals surface area contributed by atoms with Crippen LogP contribution in [0.5, 0.6) is 11.5 Å². The maximum absolute atomic E-state index is 12.7. The summed E-state index contributed by atoms with van der Waals surface area (Å²) < 4.78 is 10.9. The molecule has 0 atom stereocenters. The van der Waals surface area contributed by atoms with Crippen LogP contribution < -0.4 is 15.0 Å². The number of rotatable bonds is 5. The van der Waals surface area contributed by atoms with Gasteiger partial charge in [0.15, 0.2) is 5.82 Å². The molecule has 6 nitrogen and oxygen atoms in total. The number of methoxy groups -OCH3 is 2. The van der Waals surface area contributed by atoms with Crippen LogP contribution in [0.1, 0.15) is 22.4 Å². The van der Waals surface area contributed by atoms with Gasteiger partial charge < -0.3 is 14.5 Å². The number of nitrogens with one attached hydrogen (secondary N) is 1. The molecule has 0 radical (unpaired) electrons. The Bertz CT molecular complexity index is 1040. The number of ether oxygens (including phenoxy) is 2. The van der Waals surface area contributed by atoms with Gasteiger partial charge in [-0.15, -0.1) is 11.3 Å². The van der Waals surface area contributed by atoms with E-state index in [4.69, 9.17) is 14.5 Å². The number of fused-ring (bicyclic) bond motifs is 1. The van der Waals surface area contributed by atoms with Gasteiger partial charge in [0.1, 0.15) is 11.5 Å². The number of hydrogen-bond acceptors (Lipinski definition) is 6. The summed E-state index contributed by atoms with van der Waals surface area (Å²) in [6.45, 7) is 4.20. The highest BCUT2D eigenvalue weighted by Crippen LogP contribution is 2.31. The molecular formula is C21H23N3O3S. The molecule has 1 N–H and O–H groups in total. The summed E-state index contributed by atoms with van der Waals surface area (Å²) in [5.41, 5.74) is 3.85. The van der Waals surface area contributed by atoms with E-state index in [2.05, 4.69) is 16.8 Å². The molecule has 146 valence electrons. The normalized spacial score (nSPS) is 14.0. The van der Waals surface area contributed by atoms with Gasteiger partial charge in [-0.05, 0) is 30.0 Å². The van der Waals surface area contributed by atoms with Gasteiger partial charge in [-0.3, -0.25) is 9.69 Å². The van der Waals surface area contributed by atoms with Crippen molar-refractivity contribution in [2.75, 3.05) is 20.8 Å². The number of nitrogens with zero attached hydrogens (tertiary/aromatic N) is 2. The Kier molecular flexibility index (Phi) is 5.19. The zero-order valence-corrected chi connectivity index (χ0v) is 17.1. The molecular weight excluding hydrogens is 374 g/mol. The lowest BCUT2D eigenvalue weighted by Gasteiger charge is -2.29. The molecule has 0 saturated carbocycles. The van der Waals surface area contributed by atoms with Crippen LogP contribution in [-0.4, -0.2) is 35.6 Å². The predicted molar refractivity (Wildman–Crippen MR) is 110 cm³/mol. The molecule has 7 heteroatoms. The smallest absolute Gasteiger partial charge is 0.255 e. The minimum atomic E-state index is -0.0449. The number of aromatic nitrogens is 2. The van der Waals surface area contributed by atoms with Crippen molar-refractivity contribution in [3.63, 3.8) is 0 Å². The molecule has 28 heavy (non-hydrogen) atoms. The van der Waals surface area contributed by atoms with Gasteiger partial charge in [0.2, 0.25) is 0 Å². The fraction of sp³-hybridized carbons (Fsp3) is 0.333. The first kappa shape index (κ1) is 18.7. The van der Waals surface area contributed by atoms with E-state index in [1.54, 1.807) is 25.6 Å². The number of thiophene rings is 1. The monoisotopic (exact) mass is 397 g/mol. The topological polar surface area (TPSA) is 67.5 Å². The molecule has 3 heterocycles. The van der Waals surface area contributed by atoms with Crippen LogP contribution in [0.4, 0.5) is 0 Å². The van der Waals surface area contributed by atoms with E-state index in [-0.39, 0.29) is 5.56 Å². The van der Waals surface area contributed by atoms with Crippen LogP contribution in [0.3, 0.4) is 0 Å². The van der Waals surface area contributed by atoms with Crippen molar-refractivity contribution in [2.24, 2.45) is 0 Å². The summed E-state index contributed by atoms with van der Waals surface area (Å²) in [4.78, 5) is 23.6. The van der Waals surface area contributed by atoms with Crippen LogP contribution in [0.2, 0.25) is 0 Å². The van der Waals surface area contributed by atoms with Gasteiger partial charge in [0.05, 0.1) is 30.4 Å². The van der Waals surface area contributed by atoms with E-state index in [1.165, 1.54) is 0 Å². The maximum atomic E-state index is 12.7. The molecule has 0 bridgehead atoms. The van der Waals surface area contributed by atoms with E-state index >= 15 is 0 Å². The number of H-pyrrole nitrogens is 1. The first-order valence-electron chi connectivity index (χ1n) is 9.19. The van der Waals surface area contributed by atoms with Crippen LogP contribution in [0.25, 0.3) is 10.7 Å². The number of aromatic amines is 1. The third kappa shape index (κ3) is 3.55. The Morgan fingerprint density at radius 1 is 1.29 bits per heavy atom. The lowest BCUT2D eigenvalue weighted by atomic mass is 10.0. The van der Waals surface area contributed by atoms with Gasteiger partial charge in [-0.2, -0.15) is 0 Å². The molecule has 0 fully saturated rings. The highest BCUT2D eigenvalue weighted by Gasteiger charge is 2.23. The Hall–Kier alpha value is -2.64. The Morgan fingerprint density at radius 3 is 2.86 bits per heavy atom. The zero-order valence-electron chi connectivity index (χ0n) is 16.2. The summed E-state index contributed by atoms with van der Waals surface area (Å²) >= 11 is 1.58. The minimum Gasteiger partial charge on any atom is -0.497 e. The fourth-order valence-corrected chi connectivity index (χ4v) is 4.29. The van der Waals surface area contributed by atoms with Crippen LogP contribution in [-0.2, 0) is 19.5 Å². The zero-order chi connectivity index (χ0) is 19.7. The largest absolute Gasteiger partial charge is 0.497 e. The first-order valence-corrected chi connectivity index (χ1v) is 10.1. The molecule has 0 amide bonds. The number of hydrogen-bond donors (Lipinski definition) is 1. The first-order chi connectivity index (χ1) is 13.6. The molecule has 2 aromatic heterocycles. The molecule has 0 saturated heterocycles. The van der Waals surface area contributed by atoms with Crippen molar-refractivity contribution >= 4 is 11.3 Å². The lowest BCUT2D eigenvalue weighted by molar-refractivity contribution is 0.237. The molecule has 0 unspecified atom stereocenters. The molecule has 1 aromatic carbocycles. The van der Waals surface area contributed by atoms with E-state index in [1.807, 2.05) is 29.6 Å². The third-order valence-corrected chi connectivity index (χ3v) is 6.02. The standard InChI is InChI=1S/C21H23N3O3S/c1-13-9-14(26-2)10-18(27-3)15(13)11-24-7-6-17-16(12-24)21(25)23-20(22-17)19-5-4-8-28-19/h4-5,8-10H,6-7,11-12H2,1-3H3,(H,22,23,25). The second kappa shape index (κ2) is 7.77. The number of benzene rings is 1.